The Morgan fingerprint density at radius 1 is 0.673 bits per heavy atom. The van der Waals surface area contributed by atoms with E-state index in [0.717, 1.165) is 36.7 Å². The Balaban J connectivity index is 0.000000187. The second-order valence-corrected chi connectivity index (χ2v) is 15.2. The molecule has 284 valence electrons. The average molecular weight is 969 g/mol. The lowest BCUT2D eigenvalue weighted by Gasteiger charge is -2.23. The van der Waals surface area contributed by atoms with E-state index in [9.17, 15) is 19.2 Å². The standard InChI is InChI=1S/C20H20IN3O4.C20H18IN3O3/c21-16-10-8-15(9-11-16)18(25)22-23-19(26)17-7-4-12-24(17)20(27)28-13-14-5-2-1-3-6-14;21-16-10-8-15(9-11-16)18-22-23-19(27-18)17-7-4-12-24(17)20(25)26-13-14-5-2-1-3-6-14/h1-3,5-6,8-11,17H,4,7,12-13H2,(H,22,25)(H,23,26);1-3,5-6,8-11,17H,4,7,12-13H2/t2*17-/m00/s1. The Kier molecular flexibility index (Phi) is 14.1. The Bertz CT molecular complexity index is 2050. The number of likely N-dealkylation sites (tertiary alicyclic amines) is 2. The number of aromatic nitrogens is 2. The van der Waals surface area contributed by atoms with Crippen LogP contribution >= 0.6 is 45.2 Å². The van der Waals surface area contributed by atoms with Gasteiger partial charge >= 0.3 is 12.2 Å². The lowest BCUT2D eigenvalue weighted by molar-refractivity contribution is -0.125. The Morgan fingerprint density at radius 3 is 1.84 bits per heavy atom. The highest BCUT2D eigenvalue weighted by atomic mass is 127. The highest BCUT2D eigenvalue weighted by Gasteiger charge is 2.36. The number of hydrogen-bond acceptors (Lipinski definition) is 9. The summed E-state index contributed by atoms with van der Waals surface area (Å²) in [7, 11) is 0. The van der Waals surface area contributed by atoms with Crippen LogP contribution in [0.5, 0.6) is 0 Å². The third-order valence-corrected chi connectivity index (χ3v) is 10.3. The van der Waals surface area contributed by atoms with Crippen molar-refractivity contribution in [2.75, 3.05) is 13.1 Å². The smallest absolute Gasteiger partial charge is 0.410 e. The van der Waals surface area contributed by atoms with E-state index in [1.807, 2.05) is 84.9 Å². The molecule has 0 saturated carbocycles. The minimum absolute atomic E-state index is 0.147. The molecular formula is C40H38I2N6O7. The number of amides is 4. The molecule has 1 aromatic heterocycles. The van der Waals surface area contributed by atoms with E-state index in [1.165, 1.54) is 4.90 Å². The fraction of sp³-hybridized carbons (Fsp3) is 0.250. The highest BCUT2D eigenvalue weighted by Crippen LogP contribution is 2.33. The van der Waals surface area contributed by atoms with Crippen LogP contribution in [0, 0.1) is 7.14 Å². The summed E-state index contributed by atoms with van der Waals surface area (Å²) in [5, 5.41) is 8.33. The lowest BCUT2D eigenvalue weighted by atomic mass is 10.2. The van der Waals surface area contributed by atoms with E-state index in [1.54, 1.807) is 29.2 Å². The molecule has 13 nitrogen and oxygen atoms in total. The summed E-state index contributed by atoms with van der Waals surface area (Å²) in [5.74, 6) is 0.0672. The van der Waals surface area contributed by atoms with Crippen molar-refractivity contribution in [1.29, 1.82) is 0 Å². The number of benzene rings is 4. The van der Waals surface area contributed by atoms with Gasteiger partial charge in [-0.25, -0.2) is 9.59 Å². The first-order valence-corrected chi connectivity index (χ1v) is 19.8. The van der Waals surface area contributed by atoms with Crippen LogP contribution in [0.2, 0.25) is 0 Å². The quantitative estimate of drug-likeness (QED) is 0.118. The highest BCUT2D eigenvalue weighted by molar-refractivity contribution is 14.1. The van der Waals surface area contributed by atoms with Crippen LogP contribution in [-0.4, -0.2) is 63.1 Å². The largest absolute Gasteiger partial charge is 0.445 e. The van der Waals surface area contributed by atoms with Crippen molar-refractivity contribution < 1.29 is 33.1 Å². The molecule has 0 spiro atoms. The summed E-state index contributed by atoms with van der Waals surface area (Å²) >= 11 is 4.39. The number of rotatable bonds is 8. The first-order valence-electron chi connectivity index (χ1n) is 17.6. The molecule has 15 heteroatoms. The zero-order chi connectivity index (χ0) is 38.6. The number of carbonyl (C=O) groups is 4. The van der Waals surface area contributed by atoms with Crippen LogP contribution in [0.3, 0.4) is 0 Å². The molecule has 2 aliphatic rings. The van der Waals surface area contributed by atoms with Gasteiger partial charge in [0.15, 0.2) is 0 Å². The van der Waals surface area contributed by atoms with E-state index in [4.69, 9.17) is 13.9 Å². The zero-order valence-corrected chi connectivity index (χ0v) is 33.9. The molecule has 2 saturated heterocycles. The third kappa shape index (κ3) is 11.0. The first kappa shape index (κ1) is 39.6. The number of hydrazine groups is 1. The average Bonchev–Trinajstić information content (AvgIpc) is 4.02. The van der Waals surface area contributed by atoms with Crippen LogP contribution in [0.25, 0.3) is 11.5 Å². The molecule has 0 bridgehead atoms. The van der Waals surface area contributed by atoms with Gasteiger partial charge in [-0.3, -0.25) is 30.2 Å². The van der Waals surface area contributed by atoms with Gasteiger partial charge in [0.05, 0.1) is 0 Å². The predicted molar refractivity (Wildman–Crippen MR) is 219 cm³/mol. The minimum atomic E-state index is -0.666. The maximum atomic E-state index is 12.5. The second kappa shape index (κ2) is 19.5. The Labute approximate surface area is 345 Å². The minimum Gasteiger partial charge on any atom is -0.445 e. The van der Waals surface area contributed by atoms with Crippen molar-refractivity contribution in [2.45, 2.75) is 51.0 Å². The lowest BCUT2D eigenvalue weighted by Crippen LogP contribution is -2.51. The maximum Gasteiger partial charge on any atom is 0.410 e. The molecule has 0 aliphatic carbocycles. The van der Waals surface area contributed by atoms with Crippen LogP contribution in [0.4, 0.5) is 9.59 Å². The van der Waals surface area contributed by atoms with Crippen molar-refractivity contribution in [3.63, 3.8) is 0 Å². The van der Waals surface area contributed by atoms with Crippen molar-refractivity contribution in [3.05, 3.63) is 139 Å². The van der Waals surface area contributed by atoms with E-state index in [0.29, 0.717) is 43.3 Å². The topological polar surface area (TPSA) is 156 Å². The molecular weight excluding hydrogens is 930 g/mol. The summed E-state index contributed by atoms with van der Waals surface area (Å²) < 4.78 is 18.8. The van der Waals surface area contributed by atoms with Crippen molar-refractivity contribution in [3.8, 4) is 11.5 Å². The molecule has 3 heterocycles. The fourth-order valence-corrected chi connectivity index (χ4v) is 6.78. The van der Waals surface area contributed by atoms with Crippen LogP contribution in [0.15, 0.2) is 114 Å². The Morgan fingerprint density at radius 2 is 1.22 bits per heavy atom. The van der Waals surface area contributed by atoms with Crippen LogP contribution in [-0.2, 0) is 27.5 Å². The van der Waals surface area contributed by atoms with Crippen molar-refractivity contribution in [2.24, 2.45) is 0 Å². The number of halogens is 2. The summed E-state index contributed by atoms with van der Waals surface area (Å²) in [6.45, 7) is 1.46. The first-order chi connectivity index (χ1) is 26.7. The van der Waals surface area contributed by atoms with Gasteiger partial charge in [-0.15, -0.1) is 10.2 Å². The Hall–Kier alpha value is -5.04. The molecule has 2 fully saturated rings. The predicted octanol–water partition coefficient (Wildman–Crippen LogP) is 7.67. The monoisotopic (exact) mass is 968 g/mol. The summed E-state index contributed by atoms with van der Waals surface area (Å²) in [6, 6.07) is 32.9. The third-order valence-electron chi connectivity index (χ3n) is 8.91. The summed E-state index contributed by atoms with van der Waals surface area (Å²) in [4.78, 5) is 52.5. The van der Waals surface area contributed by atoms with E-state index >= 15 is 0 Å². The molecule has 0 radical (unpaired) electrons. The number of nitrogens with one attached hydrogen (secondary N) is 2. The van der Waals surface area contributed by atoms with Gasteiger partial charge in [-0.05, 0) is 131 Å². The number of carbonyl (C=O) groups excluding carboxylic acids is 4. The molecule has 4 amide bonds. The molecule has 55 heavy (non-hydrogen) atoms. The molecule has 0 unspecified atom stereocenters. The SMILES string of the molecule is O=C(NNC(=O)[C@@H]1CCCN1C(=O)OCc1ccccc1)c1ccc(I)cc1.O=C(OCc1ccccc1)N1CCC[C@H]1c1nnc(-c2ccc(I)cc2)o1. The summed E-state index contributed by atoms with van der Waals surface area (Å²) in [6.07, 6.45) is 2.00. The van der Waals surface area contributed by atoms with Crippen molar-refractivity contribution in [1.82, 2.24) is 30.8 Å². The van der Waals surface area contributed by atoms with E-state index < -0.39 is 23.9 Å². The van der Waals surface area contributed by atoms with Crippen LogP contribution < -0.4 is 10.9 Å². The molecule has 4 aromatic carbocycles. The molecule has 2 atom stereocenters. The van der Waals surface area contributed by atoms with Gasteiger partial charge in [0.1, 0.15) is 25.3 Å². The second-order valence-electron chi connectivity index (χ2n) is 12.7. The number of hydrogen-bond donors (Lipinski definition) is 2. The fourth-order valence-electron chi connectivity index (χ4n) is 6.06. The van der Waals surface area contributed by atoms with Gasteiger partial charge in [-0.2, -0.15) is 0 Å². The normalized spacial score (nSPS) is 16.1. The van der Waals surface area contributed by atoms with Gasteiger partial charge in [0.25, 0.3) is 11.8 Å². The number of ether oxygens (including phenoxy) is 2. The van der Waals surface area contributed by atoms with Crippen LogP contribution in [0.1, 0.15) is 59.1 Å². The van der Waals surface area contributed by atoms with Gasteiger partial charge < -0.3 is 13.9 Å². The van der Waals surface area contributed by atoms with Gasteiger partial charge in [-0.1, -0.05) is 60.7 Å². The molecule has 2 N–H and O–H groups in total. The number of nitrogens with zero attached hydrogens (tertiary/aromatic N) is 4. The van der Waals surface area contributed by atoms with Gasteiger partial charge in [0.2, 0.25) is 11.8 Å². The van der Waals surface area contributed by atoms with Crippen molar-refractivity contribution >= 4 is 69.2 Å². The zero-order valence-electron chi connectivity index (χ0n) is 29.6. The van der Waals surface area contributed by atoms with E-state index in [-0.39, 0.29) is 25.3 Å². The molecule has 7 rings (SSSR count). The molecule has 2 aliphatic heterocycles. The van der Waals surface area contributed by atoms with Gasteiger partial charge in [0, 0.05) is 31.4 Å². The maximum absolute atomic E-state index is 12.5. The summed E-state index contributed by atoms with van der Waals surface area (Å²) in [5.41, 5.74) is 7.94. The van der Waals surface area contributed by atoms with E-state index in [2.05, 4.69) is 66.2 Å². The molecule has 5 aromatic rings.